The van der Waals surface area contributed by atoms with Crippen LogP contribution in [0.25, 0.3) is 21.9 Å². The minimum Gasteiger partial charge on any atom is -0.493 e. The standard InChI is InChI=1S/C28H23NO5/c1-18-15-24-20(17-27(30)31)6-4-7-25(24)29(18)28(32)19-9-11-22(12-10-19)33-14-13-23-16-21-5-2-3-8-26(21)34-23/h2-12,15-16H,13-14,17H2,1H3,(H,30,31). The van der Waals surface area contributed by atoms with Crippen molar-refractivity contribution in [3.63, 3.8) is 0 Å². The molecule has 6 nitrogen and oxygen atoms in total. The minimum absolute atomic E-state index is 0.0882. The van der Waals surface area contributed by atoms with E-state index in [1.165, 1.54) is 0 Å². The Bertz CT molecular complexity index is 1470. The van der Waals surface area contributed by atoms with Crippen molar-refractivity contribution in [3.05, 3.63) is 101 Å². The molecule has 0 aliphatic carbocycles. The number of ether oxygens (including phenoxy) is 1. The monoisotopic (exact) mass is 453 g/mol. The lowest BCUT2D eigenvalue weighted by Crippen LogP contribution is -2.13. The Kier molecular flexibility index (Phi) is 5.64. The molecule has 0 unspecified atom stereocenters. The summed E-state index contributed by atoms with van der Waals surface area (Å²) >= 11 is 0. The molecule has 0 atom stereocenters. The Morgan fingerprint density at radius 2 is 1.76 bits per heavy atom. The molecule has 3 aromatic carbocycles. The first-order valence-corrected chi connectivity index (χ1v) is 11.1. The summed E-state index contributed by atoms with van der Waals surface area (Å²) in [5.74, 6) is 0.463. The summed E-state index contributed by atoms with van der Waals surface area (Å²) in [5, 5.41) is 11.0. The number of carboxylic acids is 1. The molecule has 0 amide bonds. The van der Waals surface area contributed by atoms with E-state index in [1.54, 1.807) is 41.0 Å². The van der Waals surface area contributed by atoms with E-state index < -0.39 is 5.97 Å². The Labute approximate surface area is 196 Å². The van der Waals surface area contributed by atoms with Crippen molar-refractivity contribution in [2.45, 2.75) is 19.8 Å². The number of carbonyl (C=O) groups is 2. The first-order valence-electron chi connectivity index (χ1n) is 11.1. The molecule has 2 aromatic heterocycles. The number of carboxylic acid groups (broad SMARTS) is 1. The number of aryl methyl sites for hydroxylation is 1. The summed E-state index contributed by atoms with van der Waals surface area (Å²) in [5.41, 5.74) is 3.53. The van der Waals surface area contributed by atoms with Gasteiger partial charge in [-0.2, -0.15) is 0 Å². The topological polar surface area (TPSA) is 81.7 Å². The number of fused-ring (bicyclic) bond motifs is 2. The van der Waals surface area contributed by atoms with Gasteiger partial charge in [0, 0.05) is 28.5 Å². The first-order chi connectivity index (χ1) is 16.5. The second kappa shape index (κ2) is 8.90. The van der Waals surface area contributed by atoms with E-state index >= 15 is 0 Å². The SMILES string of the molecule is Cc1cc2c(CC(=O)O)cccc2n1C(=O)c1ccc(OCCc2cc3ccccc3o2)cc1. The highest BCUT2D eigenvalue weighted by atomic mass is 16.5. The highest BCUT2D eigenvalue weighted by molar-refractivity contribution is 6.04. The molecule has 5 aromatic rings. The Morgan fingerprint density at radius 1 is 0.971 bits per heavy atom. The maximum Gasteiger partial charge on any atom is 0.307 e. The van der Waals surface area contributed by atoms with E-state index in [2.05, 4.69) is 0 Å². The van der Waals surface area contributed by atoms with Crippen LogP contribution in [0.15, 0.2) is 83.3 Å². The summed E-state index contributed by atoms with van der Waals surface area (Å²) in [6, 6.07) is 24.2. The van der Waals surface area contributed by atoms with E-state index in [-0.39, 0.29) is 12.3 Å². The minimum atomic E-state index is -0.903. The fourth-order valence-corrected chi connectivity index (χ4v) is 4.26. The number of hydrogen-bond acceptors (Lipinski definition) is 4. The quantitative estimate of drug-likeness (QED) is 0.345. The fraction of sp³-hybridized carbons (Fsp3) is 0.143. The van der Waals surface area contributed by atoms with Crippen LogP contribution in [0.3, 0.4) is 0 Å². The van der Waals surface area contributed by atoms with Gasteiger partial charge in [-0.05, 0) is 61.0 Å². The van der Waals surface area contributed by atoms with Crippen molar-refractivity contribution in [3.8, 4) is 5.75 Å². The molecule has 34 heavy (non-hydrogen) atoms. The summed E-state index contributed by atoms with van der Waals surface area (Å²) in [4.78, 5) is 24.5. The number of hydrogen-bond donors (Lipinski definition) is 1. The molecule has 0 fully saturated rings. The lowest BCUT2D eigenvalue weighted by Gasteiger charge is -2.09. The zero-order valence-corrected chi connectivity index (χ0v) is 18.7. The molecule has 0 spiro atoms. The zero-order valence-electron chi connectivity index (χ0n) is 18.7. The molecule has 2 heterocycles. The van der Waals surface area contributed by atoms with Gasteiger partial charge in [-0.1, -0.05) is 30.3 Å². The van der Waals surface area contributed by atoms with Gasteiger partial charge in [-0.15, -0.1) is 0 Å². The molecule has 0 bridgehead atoms. The number of aliphatic carboxylic acids is 1. The van der Waals surface area contributed by atoms with Crippen LogP contribution >= 0.6 is 0 Å². The molecule has 0 aliphatic rings. The van der Waals surface area contributed by atoms with Gasteiger partial charge in [0.1, 0.15) is 17.1 Å². The van der Waals surface area contributed by atoms with Crippen LogP contribution < -0.4 is 4.74 Å². The Morgan fingerprint density at radius 3 is 2.53 bits per heavy atom. The molecule has 1 N–H and O–H groups in total. The van der Waals surface area contributed by atoms with Crippen molar-refractivity contribution in [1.82, 2.24) is 4.57 Å². The van der Waals surface area contributed by atoms with Crippen LogP contribution in [0, 0.1) is 6.92 Å². The van der Waals surface area contributed by atoms with Gasteiger partial charge < -0.3 is 14.3 Å². The van der Waals surface area contributed by atoms with Crippen LogP contribution in [-0.2, 0) is 17.6 Å². The van der Waals surface area contributed by atoms with Crippen molar-refractivity contribution < 1.29 is 23.8 Å². The third-order valence-corrected chi connectivity index (χ3v) is 5.86. The number of aromatic nitrogens is 1. The number of nitrogens with zero attached hydrogens (tertiary/aromatic N) is 1. The number of para-hydroxylation sites is 1. The van der Waals surface area contributed by atoms with Crippen molar-refractivity contribution in [2.24, 2.45) is 0 Å². The van der Waals surface area contributed by atoms with E-state index in [0.717, 1.165) is 27.8 Å². The van der Waals surface area contributed by atoms with E-state index in [9.17, 15) is 14.7 Å². The van der Waals surface area contributed by atoms with Crippen LogP contribution in [-0.4, -0.2) is 28.2 Å². The van der Waals surface area contributed by atoms with Crippen molar-refractivity contribution in [2.75, 3.05) is 6.61 Å². The van der Waals surface area contributed by atoms with Gasteiger partial charge in [0.05, 0.1) is 18.5 Å². The molecule has 0 aliphatic heterocycles. The second-order valence-corrected chi connectivity index (χ2v) is 8.22. The van der Waals surface area contributed by atoms with Crippen molar-refractivity contribution >= 4 is 33.7 Å². The molecule has 6 heteroatoms. The third-order valence-electron chi connectivity index (χ3n) is 5.86. The highest BCUT2D eigenvalue weighted by Gasteiger charge is 2.17. The lowest BCUT2D eigenvalue weighted by molar-refractivity contribution is -0.136. The highest BCUT2D eigenvalue weighted by Crippen LogP contribution is 2.26. The van der Waals surface area contributed by atoms with Gasteiger partial charge >= 0.3 is 5.97 Å². The average Bonchev–Trinajstić information content (AvgIpc) is 3.39. The molecular formula is C28H23NO5. The van der Waals surface area contributed by atoms with Crippen LogP contribution in [0.2, 0.25) is 0 Å². The number of furan rings is 1. The Hall–Kier alpha value is -4.32. The first kappa shape index (κ1) is 21.5. The summed E-state index contributed by atoms with van der Waals surface area (Å²) in [6.07, 6.45) is 0.553. The molecular weight excluding hydrogens is 430 g/mol. The van der Waals surface area contributed by atoms with Gasteiger partial charge in [-0.25, -0.2) is 0 Å². The Balaban J connectivity index is 1.29. The molecule has 5 rings (SSSR count). The number of rotatable bonds is 7. The van der Waals surface area contributed by atoms with Gasteiger partial charge in [0.15, 0.2) is 0 Å². The summed E-state index contributed by atoms with van der Waals surface area (Å²) in [7, 11) is 0. The normalized spacial score (nSPS) is 11.2. The van der Waals surface area contributed by atoms with Gasteiger partial charge in [0.25, 0.3) is 5.91 Å². The molecule has 0 saturated heterocycles. The van der Waals surface area contributed by atoms with Crippen LogP contribution in [0.4, 0.5) is 0 Å². The van der Waals surface area contributed by atoms with E-state index in [4.69, 9.17) is 9.15 Å². The molecule has 0 radical (unpaired) electrons. The predicted octanol–water partition coefficient (Wildman–Crippen LogP) is 5.63. The average molecular weight is 453 g/mol. The van der Waals surface area contributed by atoms with Gasteiger partial charge in [0.2, 0.25) is 0 Å². The maximum atomic E-state index is 13.3. The number of carbonyl (C=O) groups excluding carboxylic acids is 1. The largest absolute Gasteiger partial charge is 0.493 e. The van der Waals surface area contributed by atoms with Gasteiger partial charge in [-0.3, -0.25) is 14.2 Å². The van der Waals surface area contributed by atoms with E-state index in [1.807, 2.05) is 49.4 Å². The molecule has 170 valence electrons. The third kappa shape index (κ3) is 4.18. The predicted molar refractivity (Wildman–Crippen MR) is 130 cm³/mol. The van der Waals surface area contributed by atoms with Crippen LogP contribution in [0.1, 0.15) is 27.4 Å². The maximum absolute atomic E-state index is 13.3. The van der Waals surface area contributed by atoms with Crippen molar-refractivity contribution in [1.29, 1.82) is 0 Å². The zero-order chi connectivity index (χ0) is 23.7. The summed E-state index contributed by atoms with van der Waals surface area (Å²) < 4.78 is 13.3. The second-order valence-electron chi connectivity index (χ2n) is 8.22. The smallest absolute Gasteiger partial charge is 0.307 e. The van der Waals surface area contributed by atoms with Crippen LogP contribution in [0.5, 0.6) is 5.75 Å². The summed E-state index contributed by atoms with van der Waals surface area (Å²) in [6.45, 7) is 2.30. The number of benzene rings is 3. The fourth-order valence-electron chi connectivity index (χ4n) is 4.26. The van der Waals surface area contributed by atoms with E-state index in [0.29, 0.717) is 35.4 Å². The molecule has 0 saturated carbocycles. The lowest BCUT2D eigenvalue weighted by atomic mass is 10.1.